The van der Waals surface area contributed by atoms with Crippen LogP contribution >= 0.6 is 0 Å². The van der Waals surface area contributed by atoms with E-state index in [4.69, 9.17) is 9.47 Å². The summed E-state index contributed by atoms with van der Waals surface area (Å²) in [6.45, 7) is 10.1. The van der Waals surface area contributed by atoms with Crippen molar-refractivity contribution in [3.63, 3.8) is 0 Å². The zero-order chi connectivity index (χ0) is 30.9. The molecule has 42 heavy (non-hydrogen) atoms. The number of rotatable bonds is 13. The number of hydrogen-bond acceptors (Lipinski definition) is 6. The standard InChI is InChI=1S/C36H42O6/c1-24-9-15-28(16-10-24)25(2)8-7-21-36(3,4)35(31(39)19-13-26-11-17-29(37)33(22-26)41-5)32(40)20-14-27-12-18-30(38)34(23-27)42-6/h7,9,11-15,17-23,25,28,35,37-38H,1,8,10,16H2,2-6H3/b19-13+,20-14+,21-7+/t25?,28-/m1/s1. The molecule has 1 aliphatic rings. The predicted octanol–water partition coefficient (Wildman–Crippen LogP) is 7.73. The molecule has 0 aromatic heterocycles. The number of carbonyl (C=O) groups excluding carboxylic acids is 2. The maximum Gasteiger partial charge on any atom is 0.167 e. The molecule has 1 unspecified atom stereocenters. The Bertz CT molecular complexity index is 1330. The molecule has 1 aliphatic carbocycles. The molecule has 0 amide bonds. The van der Waals surface area contributed by atoms with Crippen LogP contribution in [-0.4, -0.2) is 36.0 Å². The van der Waals surface area contributed by atoms with Crippen molar-refractivity contribution in [2.24, 2.45) is 23.2 Å². The predicted molar refractivity (Wildman–Crippen MR) is 169 cm³/mol. The molecule has 0 radical (unpaired) electrons. The molecule has 3 rings (SSSR count). The van der Waals surface area contributed by atoms with Crippen molar-refractivity contribution in [1.82, 2.24) is 0 Å². The van der Waals surface area contributed by atoms with Gasteiger partial charge in [-0.15, -0.1) is 0 Å². The Hall–Kier alpha value is -4.32. The Morgan fingerprint density at radius 1 is 0.976 bits per heavy atom. The van der Waals surface area contributed by atoms with Gasteiger partial charge in [-0.25, -0.2) is 0 Å². The van der Waals surface area contributed by atoms with E-state index in [0.717, 1.165) is 24.8 Å². The van der Waals surface area contributed by atoms with Crippen molar-refractivity contribution < 1.29 is 29.3 Å². The molecule has 0 heterocycles. The lowest BCUT2D eigenvalue weighted by molar-refractivity contribution is -0.130. The Morgan fingerprint density at radius 2 is 1.50 bits per heavy atom. The van der Waals surface area contributed by atoms with E-state index in [0.29, 0.717) is 34.5 Å². The lowest BCUT2D eigenvalue weighted by Crippen LogP contribution is -2.34. The normalized spacial score (nSPS) is 16.5. The van der Waals surface area contributed by atoms with E-state index in [1.165, 1.54) is 38.5 Å². The van der Waals surface area contributed by atoms with Gasteiger partial charge in [0.05, 0.1) is 20.1 Å². The topological polar surface area (TPSA) is 93.1 Å². The van der Waals surface area contributed by atoms with Crippen molar-refractivity contribution in [2.75, 3.05) is 14.2 Å². The number of aromatic hydroxyl groups is 2. The lowest BCUT2D eigenvalue weighted by atomic mass is 9.73. The van der Waals surface area contributed by atoms with Gasteiger partial charge in [0, 0.05) is 0 Å². The second-order valence-corrected chi connectivity index (χ2v) is 11.4. The molecule has 2 atom stereocenters. The molecule has 222 valence electrons. The first kappa shape index (κ1) is 32.2. The minimum atomic E-state index is -0.979. The highest BCUT2D eigenvalue weighted by atomic mass is 16.5. The Balaban J connectivity index is 1.86. The van der Waals surface area contributed by atoms with Gasteiger partial charge in [0.2, 0.25) is 0 Å². The Kier molecular flexibility index (Phi) is 11.1. The van der Waals surface area contributed by atoms with Gasteiger partial charge in [-0.05, 0) is 84.1 Å². The Morgan fingerprint density at radius 3 is 1.95 bits per heavy atom. The van der Waals surface area contributed by atoms with Crippen LogP contribution in [0.3, 0.4) is 0 Å². The van der Waals surface area contributed by atoms with Crippen molar-refractivity contribution in [2.45, 2.75) is 40.0 Å². The summed E-state index contributed by atoms with van der Waals surface area (Å²) in [5.74, 6) is -0.186. The summed E-state index contributed by atoms with van der Waals surface area (Å²) >= 11 is 0. The first-order valence-electron chi connectivity index (χ1n) is 14.2. The first-order chi connectivity index (χ1) is 19.9. The van der Waals surface area contributed by atoms with Gasteiger partial charge in [-0.1, -0.05) is 81.5 Å². The van der Waals surface area contributed by atoms with Crippen LogP contribution in [-0.2, 0) is 9.59 Å². The monoisotopic (exact) mass is 570 g/mol. The highest BCUT2D eigenvalue weighted by Crippen LogP contribution is 2.34. The van der Waals surface area contributed by atoms with Crippen molar-refractivity contribution >= 4 is 23.7 Å². The van der Waals surface area contributed by atoms with Crippen molar-refractivity contribution in [3.05, 3.63) is 96.1 Å². The van der Waals surface area contributed by atoms with Crippen LogP contribution in [0.5, 0.6) is 23.0 Å². The molecule has 0 bridgehead atoms. The molecule has 6 nitrogen and oxygen atoms in total. The SMILES string of the molecule is C=C1C=C[C@@H](C(C)C/C=C/C(C)(C)C(C(=O)/C=C/c2ccc(O)c(OC)c2)C(=O)/C=C/c2ccc(O)c(OC)c2)CC1. The minimum absolute atomic E-state index is 0.000761. The maximum absolute atomic E-state index is 13.6. The van der Waals surface area contributed by atoms with Crippen LogP contribution in [0.4, 0.5) is 0 Å². The molecule has 2 N–H and O–H groups in total. The highest BCUT2D eigenvalue weighted by Gasteiger charge is 2.36. The summed E-state index contributed by atoms with van der Waals surface area (Å²) in [5, 5.41) is 19.8. The van der Waals surface area contributed by atoms with Gasteiger partial charge in [0.15, 0.2) is 34.6 Å². The van der Waals surface area contributed by atoms with Crippen LogP contribution in [0.15, 0.2) is 85.0 Å². The number of phenolic OH excluding ortho intramolecular Hbond substituents is 2. The van der Waals surface area contributed by atoms with E-state index in [1.807, 2.05) is 19.9 Å². The molecule has 0 saturated carbocycles. The smallest absolute Gasteiger partial charge is 0.167 e. The molecule has 0 saturated heterocycles. The summed E-state index contributed by atoms with van der Waals surface area (Å²) in [4.78, 5) is 27.3. The van der Waals surface area contributed by atoms with E-state index >= 15 is 0 Å². The third kappa shape index (κ3) is 8.59. The average Bonchev–Trinajstić information content (AvgIpc) is 2.96. The number of hydrogen-bond donors (Lipinski definition) is 2. The van der Waals surface area contributed by atoms with Crippen LogP contribution in [0.25, 0.3) is 12.2 Å². The second kappa shape index (κ2) is 14.5. The molecule has 0 spiro atoms. The number of allylic oxidation sites excluding steroid dienone is 7. The average molecular weight is 571 g/mol. The van der Waals surface area contributed by atoms with E-state index < -0.39 is 11.3 Å². The van der Waals surface area contributed by atoms with Gasteiger partial charge in [-0.3, -0.25) is 9.59 Å². The third-order valence-electron chi connectivity index (χ3n) is 7.76. The number of ketones is 2. The molecule has 2 aromatic rings. The van der Waals surface area contributed by atoms with E-state index in [1.54, 1.807) is 36.4 Å². The van der Waals surface area contributed by atoms with Gasteiger partial charge in [0.1, 0.15) is 0 Å². The quantitative estimate of drug-likeness (QED) is 0.145. The second-order valence-electron chi connectivity index (χ2n) is 11.4. The van der Waals surface area contributed by atoms with Crippen molar-refractivity contribution in [3.8, 4) is 23.0 Å². The van der Waals surface area contributed by atoms with Crippen LogP contribution in [0.2, 0.25) is 0 Å². The largest absolute Gasteiger partial charge is 0.504 e. The molecule has 0 fully saturated rings. The lowest BCUT2D eigenvalue weighted by Gasteiger charge is -2.28. The molecule has 6 heteroatoms. The number of ether oxygens (including phenoxy) is 2. The van der Waals surface area contributed by atoms with E-state index in [9.17, 15) is 19.8 Å². The number of methoxy groups -OCH3 is 2. The number of phenols is 2. The van der Waals surface area contributed by atoms with E-state index in [-0.39, 0.29) is 23.1 Å². The number of benzene rings is 2. The number of carbonyl (C=O) groups is 2. The van der Waals surface area contributed by atoms with Crippen LogP contribution in [0, 0.1) is 23.2 Å². The first-order valence-corrected chi connectivity index (χ1v) is 14.2. The van der Waals surface area contributed by atoms with Gasteiger partial charge >= 0.3 is 0 Å². The highest BCUT2D eigenvalue weighted by molar-refractivity contribution is 6.14. The van der Waals surface area contributed by atoms with Crippen LogP contribution < -0.4 is 9.47 Å². The van der Waals surface area contributed by atoms with E-state index in [2.05, 4.69) is 31.7 Å². The summed E-state index contributed by atoms with van der Waals surface area (Å²) in [7, 11) is 2.91. The van der Waals surface area contributed by atoms with Gasteiger partial charge in [0.25, 0.3) is 0 Å². The maximum atomic E-state index is 13.6. The van der Waals surface area contributed by atoms with Crippen molar-refractivity contribution in [1.29, 1.82) is 0 Å². The summed E-state index contributed by atoms with van der Waals surface area (Å²) in [6, 6.07) is 9.55. The third-order valence-corrected chi connectivity index (χ3v) is 7.76. The fourth-order valence-electron chi connectivity index (χ4n) is 5.14. The summed E-state index contributed by atoms with van der Waals surface area (Å²) in [6.07, 6.45) is 17.4. The minimum Gasteiger partial charge on any atom is -0.504 e. The fourth-order valence-corrected chi connectivity index (χ4v) is 5.14. The Labute approximate surface area is 249 Å². The van der Waals surface area contributed by atoms with Gasteiger partial charge in [-0.2, -0.15) is 0 Å². The van der Waals surface area contributed by atoms with Gasteiger partial charge < -0.3 is 19.7 Å². The summed E-state index contributed by atoms with van der Waals surface area (Å²) in [5.41, 5.74) is 1.69. The summed E-state index contributed by atoms with van der Waals surface area (Å²) < 4.78 is 10.3. The van der Waals surface area contributed by atoms with Crippen LogP contribution in [0.1, 0.15) is 51.2 Å². The molecular weight excluding hydrogens is 528 g/mol. The molecular formula is C36H42O6. The molecule has 0 aliphatic heterocycles. The fraction of sp³-hybridized carbons (Fsp3) is 0.333. The zero-order valence-electron chi connectivity index (χ0n) is 25.2. The molecule has 2 aromatic carbocycles. The zero-order valence-corrected chi connectivity index (χ0v) is 25.2.